The lowest BCUT2D eigenvalue weighted by molar-refractivity contribution is 0.0698. The quantitative estimate of drug-likeness (QED) is 0.660. The van der Waals surface area contributed by atoms with Crippen molar-refractivity contribution in [2.75, 3.05) is 5.32 Å². The van der Waals surface area contributed by atoms with Crippen molar-refractivity contribution in [1.29, 1.82) is 0 Å². The SMILES string of the molecule is CCCCCCc1ccc(C(=O)Nc2ccc(C)cc2C(=O)O)cc1. The van der Waals surface area contributed by atoms with Gasteiger partial charge >= 0.3 is 5.97 Å². The lowest BCUT2D eigenvalue weighted by Gasteiger charge is -2.10. The molecule has 25 heavy (non-hydrogen) atoms. The fourth-order valence-corrected chi connectivity index (χ4v) is 2.72. The third-order valence-electron chi connectivity index (χ3n) is 4.19. The van der Waals surface area contributed by atoms with Gasteiger partial charge in [-0.25, -0.2) is 4.79 Å². The first-order valence-electron chi connectivity index (χ1n) is 8.75. The van der Waals surface area contributed by atoms with E-state index in [0.29, 0.717) is 11.3 Å². The number of carbonyl (C=O) groups is 2. The second-order valence-electron chi connectivity index (χ2n) is 6.32. The molecule has 0 saturated heterocycles. The highest BCUT2D eigenvalue weighted by Crippen LogP contribution is 2.19. The van der Waals surface area contributed by atoms with Crippen LogP contribution in [0.3, 0.4) is 0 Å². The molecule has 0 radical (unpaired) electrons. The number of hydrogen-bond acceptors (Lipinski definition) is 2. The number of carbonyl (C=O) groups excluding carboxylic acids is 1. The molecule has 4 heteroatoms. The molecule has 2 rings (SSSR count). The van der Waals surface area contributed by atoms with Crippen LogP contribution in [0.2, 0.25) is 0 Å². The molecule has 0 aromatic heterocycles. The molecule has 0 spiro atoms. The summed E-state index contributed by atoms with van der Waals surface area (Å²) in [7, 11) is 0. The van der Waals surface area contributed by atoms with Gasteiger partial charge in [-0.1, -0.05) is 49.9 Å². The summed E-state index contributed by atoms with van der Waals surface area (Å²) < 4.78 is 0. The molecule has 0 heterocycles. The van der Waals surface area contributed by atoms with E-state index in [4.69, 9.17) is 0 Å². The van der Waals surface area contributed by atoms with Gasteiger partial charge in [0.25, 0.3) is 5.91 Å². The van der Waals surface area contributed by atoms with E-state index >= 15 is 0 Å². The molecule has 4 nitrogen and oxygen atoms in total. The number of aryl methyl sites for hydroxylation is 2. The van der Waals surface area contributed by atoms with Gasteiger partial charge in [0, 0.05) is 5.56 Å². The molecule has 0 saturated carbocycles. The van der Waals surface area contributed by atoms with Crippen LogP contribution in [0.5, 0.6) is 0 Å². The Morgan fingerprint density at radius 1 is 1.00 bits per heavy atom. The smallest absolute Gasteiger partial charge is 0.337 e. The topological polar surface area (TPSA) is 66.4 Å². The van der Waals surface area contributed by atoms with E-state index in [-0.39, 0.29) is 11.5 Å². The average molecular weight is 339 g/mol. The number of rotatable bonds is 8. The van der Waals surface area contributed by atoms with Crippen LogP contribution in [0.25, 0.3) is 0 Å². The van der Waals surface area contributed by atoms with Crippen LogP contribution >= 0.6 is 0 Å². The highest BCUT2D eigenvalue weighted by molar-refractivity contribution is 6.07. The second-order valence-corrected chi connectivity index (χ2v) is 6.32. The molecule has 0 unspecified atom stereocenters. The van der Waals surface area contributed by atoms with Crippen molar-refractivity contribution in [3.05, 3.63) is 64.7 Å². The summed E-state index contributed by atoms with van der Waals surface area (Å²) in [5, 5.41) is 12.0. The second kappa shape index (κ2) is 9.02. The zero-order valence-corrected chi connectivity index (χ0v) is 14.8. The first kappa shape index (κ1) is 18.7. The van der Waals surface area contributed by atoms with Gasteiger partial charge in [-0.05, 0) is 49.6 Å². The van der Waals surface area contributed by atoms with Crippen LogP contribution in [-0.2, 0) is 6.42 Å². The van der Waals surface area contributed by atoms with Gasteiger partial charge in [0.15, 0.2) is 0 Å². The predicted octanol–water partition coefficient (Wildman–Crippen LogP) is 5.07. The minimum Gasteiger partial charge on any atom is -0.478 e. The third kappa shape index (κ3) is 5.45. The lowest BCUT2D eigenvalue weighted by Crippen LogP contribution is -2.15. The van der Waals surface area contributed by atoms with Gasteiger partial charge < -0.3 is 10.4 Å². The normalized spacial score (nSPS) is 10.5. The maximum atomic E-state index is 12.4. The Kier molecular flexibility index (Phi) is 6.75. The largest absolute Gasteiger partial charge is 0.478 e. The van der Waals surface area contributed by atoms with E-state index in [9.17, 15) is 14.7 Å². The molecule has 0 aliphatic carbocycles. The fourth-order valence-electron chi connectivity index (χ4n) is 2.72. The van der Waals surface area contributed by atoms with Crippen molar-refractivity contribution in [2.45, 2.75) is 46.0 Å². The minimum atomic E-state index is -1.05. The molecule has 2 aromatic carbocycles. The number of nitrogens with one attached hydrogen (secondary N) is 1. The monoisotopic (exact) mass is 339 g/mol. The summed E-state index contributed by atoms with van der Waals surface area (Å²) in [5.74, 6) is -1.36. The summed E-state index contributed by atoms with van der Waals surface area (Å²) in [4.78, 5) is 23.7. The summed E-state index contributed by atoms with van der Waals surface area (Å²) in [6.07, 6.45) is 5.87. The molecule has 132 valence electrons. The van der Waals surface area contributed by atoms with Crippen molar-refractivity contribution in [2.24, 2.45) is 0 Å². The van der Waals surface area contributed by atoms with Crippen molar-refractivity contribution >= 4 is 17.6 Å². The highest BCUT2D eigenvalue weighted by Gasteiger charge is 2.13. The number of amides is 1. The first-order valence-corrected chi connectivity index (χ1v) is 8.75. The van der Waals surface area contributed by atoms with E-state index in [1.807, 2.05) is 19.1 Å². The minimum absolute atomic E-state index is 0.0981. The Hall–Kier alpha value is -2.62. The highest BCUT2D eigenvalue weighted by atomic mass is 16.4. The third-order valence-corrected chi connectivity index (χ3v) is 4.19. The Morgan fingerprint density at radius 3 is 2.36 bits per heavy atom. The van der Waals surface area contributed by atoms with Crippen molar-refractivity contribution in [1.82, 2.24) is 0 Å². The van der Waals surface area contributed by atoms with E-state index in [1.165, 1.54) is 24.8 Å². The van der Waals surface area contributed by atoms with Gasteiger partial charge in [-0.15, -0.1) is 0 Å². The summed E-state index contributed by atoms with van der Waals surface area (Å²) in [6.45, 7) is 4.01. The molecule has 1 amide bonds. The summed E-state index contributed by atoms with van der Waals surface area (Å²) >= 11 is 0. The zero-order valence-electron chi connectivity index (χ0n) is 14.8. The first-order chi connectivity index (χ1) is 12.0. The van der Waals surface area contributed by atoms with Crippen LogP contribution in [0.1, 0.15) is 64.4 Å². The molecule has 0 fully saturated rings. The molecule has 0 atom stereocenters. The van der Waals surface area contributed by atoms with Crippen molar-refractivity contribution in [3.8, 4) is 0 Å². The van der Waals surface area contributed by atoms with Gasteiger partial charge in [0.2, 0.25) is 0 Å². The fraction of sp³-hybridized carbons (Fsp3) is 0.333. The van der Waals surface area contributed by atoms with Gasteiger partial charge in [-0.2, -0.15) is 0 Å². The Labute approximate surface area is 148 Å². The van der Waals surface area contributed by atoms with Crippen LogP contribution in [0, 0.1) is 6.92 Å². The van der Waals surface area contributed by atoms with Gasteiger partial charge in [-0.3, -0.25) is 4.79 Å². The standard InChI is InChI=1S/C21H25NO3/c1-3-4-5-6-7-16-9-11-17(12-10-16)20(23)22-19-13-8-15(2)14-18(19)21(24)25/h8-14H,3-7H2,1-2H3,(H,22,23)(H,24,25). The average Bonchev–Trinajstić information content (AvgIpc) is 2.60. The molecule has 2 N–H and O–H groups in total. The van der Waals surface area contributed by atoms with Gasteiger partial charge in [0.05, 0.1) is 11.3 Å². The molecule has 0 bridgehead atoms. The molecular formula is C21H25NO3. The zero-order chi connectivity index (χ0) is 18.2. The Balaban J connectivity index is 2.03. The van der Waals surface area contributed by atoms with E-state index in [2.05, 4.69) is 12.2 Å². The molecule has 2 aromatic rings. The predicted molar refractivity (Wildman–Crippen MR) is 100 cm³/mol. The van der Waals surface area contributed by atoms with Crippen LogP contribution in [-0.4, -0.2) is 17.0 Å². The molecular weight excluding hydrogens is 314 g/mol. The maximum absolute atomic E-state index is 12.4. The van der Waals surface area contributed by atoms with Gasteiger partial charge in [0.1, 0.15) is 0 Å². The maximum Gasteiger partial charge on any atom is 0.337 e. The van der Waals surface area contributed by atoms with Crippen molar-refractivity contribution in [3.63, 3.8) is 0 Å². The summed E-state index contributed by atoms with van der Waals surface area (Å²) in [6, 6.07) is 12.5. The molecule has 0 aliphatic rings. The van der Waals surface area contributed by atoms with E-state index < -0.39 is 5.97 Å². The van der Waals surface area contributed by atoms with Crippen LogP contribution in [0.15, 0.2) is 42.5 Å². The molecule has 0 aliphatic heterocycles. The number of unbranched alkanes of at least 4 members (excludes halogenated alkanes) is 3. The Morgan fingerprint density at radius 2 is 1.72 bits per heavy atom. The number of aromatic carboxylic acids is 1. The number of carboxylic acids is 1. The number of hydrogen-bond donors (Lipinski definition) is 2. The van der Waals surface area contributed by atoms with Crippen molar-refractivity contribution < 1.29 is 14.7 Å². The van der Waals surface area contributed by atoms with Crippen LogP contribution in [0.4, 0.5) is 5.69 Å². The van der Waals surface area contributed by atoms with Crippen LogP contribution < -0.4 is 5.32 Å². The number of anilines is 1. The lowest BCUT2D eigenvalue weighted by atomic mass is 10.0. The Bertz CT molecular complexity index is 735. The number of carboxylic acid groups (broad SMARTS) is 1. The van der Waals surface area contributed by atoms with E-state index in [1.54, 1.807) is 30.3 Å². The number of benzene rings is 2. The summed E-state index contributed by atoms with van der Waals surface area (Å²) in [5.41, 5.74) is 2.99. The van der Waals surface area contributed by atoms with E-state index in [0.717, 1.165) is 18.4 Å².